The number of carbonyl (C=O) groups excluding carboxylic acids is 1. The molecule has 1 heterocycles. The van der Waals surface area contributed by atoms with Crippen LogP contribution in [0.25, 0.3) is 16.6 Å². The quantitative estimate of drug-likeness (QED) is 0.152. The fraction of sp³-hybridized carbons (Fsp3) is 0.129. The van der Waals surface area contributed by atoms with E-state index in [4.69, 9.17) is 4.98 Å². The average Bonchev–Trinajstić information content (AvgIpc) is 2.96. The molecule has 0 saturated carbocycles. The Balaban J connectivity index is 1.70. The van der Waals surface area contributed by atoms with Crippen molar-refractivity contribution >= 4 is 38.4 Å². The number of nitro benzene ring substituents is 1. The Hall–Kier alpha value is -4.63. The molecule has 0 aliphatic rings. The van der Waals surface area contributed by atoms with Gasteiger partial charge in [-0.15, -0.1) is 0 Å². The molecular weight excluding hydrogens is 572 g/mol. The molecule has 0 N–H and O–H groups in total. The van der Waals surface area contributed by atoms with E-state index in [1.54, 1.807) is 42.2 Å². The molecule has 0 fully saturated rings. The number of benzene rings is 4. The Kier molecular flexibility index (Phi) is 7.57. The standard InChI is InChI=1S/C31H25BrN4O4/c1-20-12-13-23(18-28(20)36(39)40)30(37)34(19-22-8-4-3-5-9-22)21(2)29-33-27-11-7-6-10-26(27)31(38)35(29)25-16-14-24(32)15-17-25/h3-18,21H,19H2,1-2H3. The first kappa shape index (κ1) is 27.0. The molecule has 8 nitrogen and oxygen atoms in total. The summed E-state index contributed by atoms with van der Waals surface area (Å²) in [7, 11) is 0. The van der Waals surface area contributed by atoms with Crippen molar-refractivity contribution in [2.45, 2.75) is 26.4 Å². The molecule has 40 heavy (non-hydrogen) atoms. The largest absolute Gasteiger partial charge is 0.324 e. The number of rotatable bonds is 7. The lowest BCUT2D eigenvalue weighted by atomic mass is 10.1. The number of hydrogen-bond acceptors (Lipinski definition) is 5. The number of nitrogens with zero attached hydrogens (tertiary/aromatic N) is 4. The van der Waals surface area contributed by atoms with Gasteiger partial charge in [-0.05, 0) is 61.9 Å². The zero-order valence-electron chi connectivity index (χ0n) is 21.8. The average molecular weight is 597 g/mol. The molecule has 5 rings (SSSR count). The molecule has 1 atom stereocenters. The Bertz CT molecular complexity index is 1790. The lowest BCUT2D eigenvalue weighted by Gasteiger charge is -2.31. The highest BCUT2D eigenvalue weighted by molar-refractivity contribution is 9.10. The molecule has 5 aromatic rings. The number of nitro groups is 1. The summed E-state index contributed by atoms with van der Waals surface area (Å²) >= 11 is 3.45. The minimum atomic E-state index is -0.686. The summed E-state index contributed by atoms with van der Waals surface area (Å²) in [5.74, 6) is -0.0406. The Morgan fingerprint density at radius 3 is 2.38 bits per heavy atom. The first-order chi connectivity index (χ1) is 19.2. The molecule has 4 aromatic carbocycles. The van der Waals surface area contributed by atoms with Gasteiger partial charge in [-0.1, -0.05) is 64.5 Å². The second kappa shape index (κ2) is 11.2. The third kappa shape index (κ3) is 5.28. The summed E-state index contributed by atoms with van der Waals surface area (Å²) < 4.78 is 2.39. The van der Waals surface area contributed by atoms with Crippen LogP contribution >= 0.6 is 15.9 Å². The fourth-order valence-electron chi connectivity index (χ4n) is 4.68. The van der Waals surface area contributed by atoms with E-state index in [1.807, 2.05) is 67.6 Å². The van der Waals surface area contributed by atoms with E-state index < -0.39 is 16.9 Å². The van der Waals surface area contributed by atoms with Gasteiger partial charge in [-0.25, -0.2) is 4.98 Å². The number of fused-ring (bicyclic) bond motifs is 1. The first-order valence-corrected chi connectivity index (χ1v) is 13.4. The maximum absolute atomic E-state index is 14.1. The summed E-state index contributed by atoms with van der Waals surface area (Å²) in [5.41, 5.74) is 2.24. The van der Waals surface area contributed by atoms with Crippen LogP contribution in [0, 0.1) is 17.0 Å². The van der Waals surface area contributed by atoms with Crippen molar-refractivity contribution < 1.29 is 9.72 Å². The molecular formula is C31H25BrN4O4. The zero-order chi connectivity index (χ0) is 28.4. The van der Waals surface area contributed by atoms with E-state index in [0.717, 1.165) is 10.0 Å². The molecule has 1 amide bonds. The van der Waals surface area contributed by atoms with Gasteiger partial charge in [0.25, 0.3) is 17.2 Å². The van der Waals surface area contributed by atoms with E-state index in [9.17, 15) is 19.7 Å². The summed E-state index contributed by atoms with van der Waals surface area (Å²) in [6, 6.07) is 27.6. The summed E-state index contributed by atoms with van der Waals surface area (Å²) in [6.07, 6.45) is 0. The smallest absolute Gasteiger partial charge is 0.273 e. The van der Waals surface area contributed by atoms with Crippen molar-refractivity contribution in [2.75, 3.05) is 0 Å². The minimum Gasteiger partial charge on any atom is -0.324 e. The maximum Gasteiger partial charge on any atom is 0.273 e. The Morgan fingerprint density at radius 1 is 1.00 bits per heavy atom. The molecule has 0 bridgehead atoms. The number of halogens is 1. The van der Waals surface area contributed by atoms with E-state index in [0.29, 0.717) is 28.0 Å². The third-order valence-corrected chi connectivity index (χ3v) is 7.37. The first-order valence-electron chi connectivity index (χ1n) is 12.6. The molecule has 0 aliphatic heterocycles. The predicted octanol–water partition coefficient (Wildman–Crippen LogP) is 6.77. The Labute approximate surface area is 238 Å². The van der Waals surface area contributed by atoms with Crippen LogP contribution in [-0.4, -0.2) is 25.3 Å². The van der Waals surface area contributed by atoms with Crippen LogP contribution in [0.15, 0.2) is 106 Å². The van der Waals surface area contributed by atoms with Gasteiger partial charge in [0.05, 0.1) is 27.6 Å². The van der Waals surface area contributed by atoms with Crippen LogP contribution in [0.2, 0.25) is 0 Å². The highest BCUT2D eigenvalue weighted by atomic mass is 79.9. The van der Waals surface area contributed by atoms with Gasteiger partial charge in [-0.2, -0.15) is 0 Å². The van der Waals surface area contributed by atoms with Gasteiger partial charge in [0.15, 0.2) is 0 Å². The molecule has 200 valence electrons. The van der Waals surface area contributed by atoms with Crippen molar-refractivity contribution in [1.29, 1.82) is 0 Å². The number of aromatic nitrogens is 2. The van der Waals surface area contributed by atoms with Gasteiger partial charge >= 0.3 is 0 Å². The second-order valence-corrected chi connectivity index (χ2v) is 10.4. The van der Waals surface area contributed by atoms with E-state index in [-0.39, 0.29) is 23.4 Å². The maximum atomic E-state index is 14.1. The van der Waals surface area contributed by atoms with Gasteiger partial charge in [-0.3, -0.25) is 24.3 Å². The van der Waals surface area contributed by atoms with Crippen LogP contribution < -0.4 is 5.56 Å². The van der Waals surface area contributed by atoms with E-state index in [2.05, 4.69) is 15.9 Å². The molecule has 0 spiro atoms. The molecule has 0 aliphatic carbocycles. The molecule has 9 heteroatoms. The van der Waals surface area contributed by atoms with Crippen LogP contribution in [0.3, 0.4) is 0 Å². The number of hydrogen-bond donors (Lipinski definition) is 0. The number of amides is 1. The second-order valence-electron chi connectivity index (χ2n) is 9.46. The van der Waals surface area contributed by atoms with Gasteiger partial charge in [0, 0.05) is 28.2 Å². The van der Waals surface area contributed by atoms with Crippen LogP contribution in [-0.2, 0) is 6.54 Å². The lowest BCUT2D eigenvalue weighted by molar-refractivity contribution is -0.385. The van der Waals surface area contributed by atoms with Gasteiger partial charge in [0.1, 0.15) is 5.82 Å². The minimum absolute atomic E-state index is 0.131. The van der Waals surface area contributed by atoms with Gasteiger partial charge < -0.3 is 4.90 Å². The monoisotopic (exact) mass is 596 g/mol. The van der Waals surface area contributed by atoms with Crippen LogP contribution in [0.1, 0.15) is 40.3 Å². The van der Waals surface area contributed by atoms with Crippen molar-refractivity contribution in [3.8, 4) is 5.69 Å². The number of carbonyl (C=O) groups is 1. The molecule has 1 aromatic heterocycles. The molecule has 1 unspecified atom stereocenters. The summed E-state index contributed by atoms with van der Waals surface area (Å²) in [5, 5.41) is 12.1. The highest BCUT2D eigenvalue weighted by Gasteiger charge is 2.29. The van der Waals surface area contributed by atoms with Crippen molar-refractivity contribution in [3.63, 3.8) is 0 Å². The SMILES string of the molecule is Cc1ccc(C(=O)N(Cc2ccccc2)C(C)c2nc3ccccc3c(=O)n2-c2ccc(Br)cc2)cc1[N+](=O)[O-]. The van der Waals surface area contributed by atoms with Crippen molar-refractivity contribution in [1.82, 2.24) is 14.5 Å². The summed E-state index contributed by atoms with van der Waals surface area (Å²) in [4.78, 5) is 45.5. The molecule has 0 radical (unpaired) electrons. The van der Waals surface area contributed by atoms with Crippen LogP contribution in [0.4, 0.5) is 5.69 Å². The topological polar surface area (TPSA) is 98.3 Å². The highest BCUT2D eigenvalue weighted by Crippen LogP contribution is 2.28. The normalized spacial score (nSPS) is 11.8. The van der Waals surface area contributed by atoms with Crippen LogP contribution in [0.5, 0.6) is 0 Å². The zero-order valence-corrected chi connectivity index (χ0v) is 23.4. The number of para-hydroxylation sites is 1. The van der Waals surface area contributed by atoms with Crippen molar-refractivity contribution in [3.05, 3.63) is 145 Å². The van der Waals surface area contributed by atoms with E-state index in [1.165, 1.54) is 10.6 Å². The van der Waals surface area contributed by atoms with Gasteiger partial charge in [0.2, 0.25) is 0 Å². The number of aryl methyl sites for hydroxylation is 1. The lowest BCUT2D eigenvalue weighted by Crippen LogP contribution is -2.37. The van der Waals surface area contributed by atoms with Crippen molar-refractivity contribution in [2.24, 2.45) is 0 Å². The Morgan fingerprint density at radius 2 is 1.68 bits per heavy atom. The summed E-state index contributed by atoms with van der Waals surface area (Å²) in [6.45, 7) is 3.65. The van der Waals surface area contributed by atoms with E-state index >= 15 is 0 Å². The third-order valence-electron chi connectivity index (χ3n) is 6.84. The molecule has 0 saturated heterocycles. The fourth-order valence-corrected chi connectivity index (χ4v) is 4.94. The predicted molar refractivity (Wildman–Crippen MR) is 158 cm³/mol.